The molecular formula is C27H33N5O6S2. The first-order valence-electron chi connectivity index (χ1n) is 13.1. The second-order valence-electron chi connectivity index (χ2n) is 9.49. The normalized spacial score (nSPS) is 15.3. The van der Waals surface area contributed by atoms with Crippen molar-refractivity contribution < 1.29 is 22.7 Å². The van der Waals surface area contributed by atoms with Gasteiger partial charge in [0.25, 0.3) is 5.56 Å². The zero-order chi connectivity index (χ0) is 28.5. The van der Waals surface area contributed by atoms with Gasteiger partial charge in [-0.1, -0.05) is 36.0 Å². The van der Waals surface area contributed by atoms with Crippen LogP contribution in [0.1, 0.15) is 31.2 Å². The maximum Gasteiger partial charge on any atom is 0.262 e. The fourth-order valence-electron chi connectivity index (χ4n) is 4.35. The summed E-state index contributed by atoms with van der Waals surface area (Å²) < 4.78 is 29.8. The van der Waals surface area contributed by atoms with Gasteiger partial charge in [-0.25, -0.2) is 18.5 Å². The molecule has 1 aliphatic heterocycles. The number of carbonyl (C=O) groups excluding carboxylic acids is 2. The van der Waals surface area contributed by atoms with Crippen LogP contribution in [0.5, 0.6) is 0 Å². The summed E-state index contributed by atoms with van der Waals surface area (Å²) in [5.41, 5.74) is 1.19. The highest BCUT2D eigenvalue weighted by Crippen LogP contribution is 2.18. The van der Waals surface area contributed by atoms with E-state index < -0.39 is 10.0 Å². The van der Waals surface area contributed by atoms with Gasteiger partial charge in [0, 0.05) is 32.7 Å². The molecule has 2 amide bonds. The van der Waals surface area contributed by atoms with Crippen LogP contribution < -0.4 is 21.3 Å². The van der Waals surface area contributed by atoms with Gasteiger partial charge in [0.05, 0.1) is 27.7 Å². The number of fused-ring (bicyclic) bond motifs is 1. The van der Waals surface area contributed by atoms with Crippen LogP contribution in [-0.2, 0) is 37.3 Å². The van der Waals surface area contributed by atoms with Gasteiger partial charge in [-0.05, 0) is 55.5 Å². The summed E-state index contributed by atoms with van der Waals surface area (Å²) in [5.74, 6) is -0.268. The molecule has 0 radical (unpaired) electrons. The van der Waals surface area contributed by atoms with Gasteiger partial charge in [-0.3, -0.25) is 19.0 Å². The van der Waals surface area contributed by atoms with E-state index in [4.69, 9.17) is 9.88 Å². The van der Waals surface area contributed by atoms with Crippen molar-refractivity contribution in [3.63, 3.8) is 0 Å². The van der Waals surface area contributed by atoms with Crippen molar-refractivity contribution in [1.29, 1.82) is 0 Å². The van der Waals surface area contributed by atoms with Crippen LogP contribution in [0.15, 0.2) is 63.4 Å². The number of aromatic nitrogens is 2. The molecule has 40 heavy (non-hydrogen) atoms. The van der Waals surface area contributed by atoms with E-state index in [-0.39, 0.29) is 40.5 Å². The molecule has 2 aromatic carbocycles. The van der Waals surface area contributed by atoms with Crippen LogP contribution in [0.2, 0.25) is 0 Å². The Hall–Kier alpha value is -3.26. The number of amides is 2. The Morgan fingerprint density at radius 3 is 2.60 bits per heavy atom. The highest BCUT2D eigenvalue weighted by atomic mass is 32.2. The fraction of sp³-hybridized carbons (Fsp3) is 0.407. The van der Waals surface area contributed by atoms with E-state index in [0.29, 0.717) is 48.5 Å². The Kier molecular flexibility index (Phi) is 10.3. The van der Waals surface area contributed by atoms with E-state index in [0.717, 1.165) is 36.8 Å². The van der Waals surface area contributed by atoms with Gasteiger partial charge >= 0.3 is 0 Å². The number of nitrogens with zero attached hydrogens (tertiary/aromatic N) is 2. The molecule has 2 heterocycles. The monoisotopic (exact) mass is 587 g/mol. The number of primary sulfonamides is 1. The lowest BCUT2D eigenvalue weighted by Gasteiger charge is -2.14. The van der Waals surface area contributed by atoms with Crippen LogP contribution in [-0.4, -0.2) is 61.3 Å². The summed E-state index contributed by atoms with van der Waals surface area (Å²) in [6, 6.07) is 13.2. The first kappa shape index (κ1) is 29.7. The second-order valence-corrected chi connectivity index (χ2v) is 12.0. The van der Waals surface area contributed by atoms with Crippen LogP contribution in [0.25, 0.3) is 10.9 Å². The third kappa shape index (κ3) is 8.37. The van der Waals surface area contributed by atoms with Crippen LogP contribution in [0, 0.1) is 0 Å². The minimum Gasteiger partial charge on any atom is -0.376 e. The van der Waals surface area contributed by atoms with E-state index in [1.807, 2.05) is 0 Å². The van der Waals surface area contributed by atoms with E-state index >= 15 is 0 Å². The molecule has 4 N–H and O–H groups in total. The highest BCUT2D eigenvalue weighted by molar-refractivity contribution is 7.99. The minimum absolute atomic E-state index is 0.0323. The van der Waals surface area contributed by atoms with Crippen molar-refractivity contribution >= 4 is 44.5 Å². The fourth-order valence-corrected chi connectivity index (χ4v) is 5.72. The summed E-state index contributed by atoms with van der Waals surface area (Å²) in [5, 5.41) is 11.7. The number of nitrogens with two attached hydrogens (primary N) is 1. The molecule has 0 spiro atoms. The molecule has 1 atom stereocenters. The molecular weight excluding hydrogens is 554 g/mol. The number of hydrogen-bond donors (Lipinski definition) is 3. The average Bonchev–Trinajstić information content (AvgIpc) is 3.46. The summed E-state index contributed by atoms with van der Waals surface area (Å²) in [4.78, 5) is 42.7. The van der Waals surface area contributed by atoms with Crippen LogP contribution in [0.4, 0.5) is 0 Å². The molecule has 0 aliphatic carbocycles. The van der Waals surface area contributed by atoms with E-state index in [2.05, 4.69) is 15.6 Å². The Labute approximate surface area is 236 Å². The number of para-hydroxylation sites is 1. The molecule has 1 aliphatic rings. The predicted octanol–water partition coefficient (Wildman–Crippen LogP) is 1.57. The largest absolute Gasteiger partial charge is 0.376 e. The van der Waals surface area contributed by atoms with Crippen molar-refractivity contribution in [3.8, 4) is 0 Å². The van der Waals surface area contributed by atoms with Crippen LogP contribution in [0.3, 0.4) is 0 Å². The summed E-state index contributed by atoms with van der Waals surface area (Å²) >= 11 is 1.16. The smallest absolute Gasteiger partial charge is 0.262 e. The van der Waals surface area contributed by atoms with E-state index in [1.165, 1.54) is 16.7 Å². The van der Waals surface area contributed by atoms with Crippen LogP contribution >= 0.6 is 11.8 Å². The third-order valence-corrected chi connectivity index (χ3v) is 8.39. The van der Waals surface area contributed by atoms with Gasteiger partial charge in [0.1, 0.15) is 0 Å². The van der Waals surface area contributed by atoms with Crippen molar-refractivity contribution in [2.75, 3.05) is 25.4 Å². The molecule has 3 aromatic rings. The summed E-state index contributed by atoms with van der Waals surface area (Å²) in [6.45, 7) is 1.87. The molecule has 1 saturated heterocycles. The standard InChI is InChI=1S/C27H33N5O6S2/c28-40(36,37)21-11-9-19(10-12-21)13-14-29-25(34)18-39-27-31-23-7-2-1-6-22(23)26(35)32(27)15-3-8-24(33)30-17-20-5-4-16-38-20/h1-2,6-7,9-12,20H,3-5,8,13-18H2,(H,29,34)(H,30,33)(H2,28,36,37). The first-order valence-corrected chi connectivity index (χ1v) is 15.6. The lowest BCUT2D eigenvalue weighted by Crippen LogP contribution is -2.32. The number of thioether (sulfide) groups is 1. The summed E-state index contributed by atoms with van der Waals surface area (Å²) in [7, 11) is -3.75. The Balaban J connectivity index is 1.31. The number of benzene rings is 2. The van der Waals surface area contributed by atoms with Gasteiger partial charge in [0.15, 0.2) is 5.16 Å². The maximum absolute atomic E-state index is 13.2. The topological polar surface area (TPSA) is 162 Å². The van der Waals surface area contributed by atoms with Gasteiger partial charge < -0.3 is 15.4 Å². The molecule has 13 heteroatoms. The maximum atomic E-state index is 13.2. The predicted molar refractivity (Wildman–Crippen MR) is 152 cm³/mol. The number of carbonyl (C=O) groups is 2. The quantitative estimate of drug-likeness (QED) is 0.200. The number of nitrogens with one attached hydrogen (secondary N) is 2. The Morgan fingerprint density at radius 1 is 1.10 bits per heavy atom. The average molecular weight is 588 g/mol. The Bertz CT molecular complexity index is 1500. The van der Waals surface area contributed by atoms with Crippen molar-refractivity contribution in [1.82, 2.24) is 20.2 Å². The molecule has 1 unspecified atom stereocenters. The van der Waals surface area contributed by atoms with E-state index in [9.17, 15) is 22.8 Å². The van der Waals surface area contributed by atoms with Gasteiger partial charge in [-0.15, -0.1) is 0 Å². The summed E-state index contributed by atoms with van der Waals surface area (Å²) in [6.07, 6.45) is 3.24. The molecule has 0 bridgehead atoms. The highest BCUT2D eigenvalue weighted by Gasteiger charge is 2.17. The van der Waals surface area contributed by atoms with Gasteiger partial charge in [0.2, 0.25) is 21.8 Å². The zero-order valence-corrected chi connectivity index (χ0v) is 23.6. The molecule has 11 nitrogen and oxygen atoms in total. The molecule has 214 valence electrons. The number of hydrogen-bond acceptors (Lipinski definition) is 8. The Morgan fingerprint density at radius 2 is 1.88 bits per heavy atom. The third-order valence-electron chi connectivity index (χ3n) is 6.48. The van der Waals surface area contributed by atoms with Crippen molar-refractivity contribution in [3.05, 3.63) is 64.4 Å². The molecule has 1 fully saturated rings. The lowest BCUT2D eigenvalue weighted by molar-refractivity contribution is -0.121. The first-order chi connectivity index (χ1) is 19.2. The van der Waals surface area contributed by atoms with E-state index in [1.54, 1.807) is 36.4 Å². The number of ether oxygens (including phenoxy) is 1. The number of sulfonamides is 1. The minimum atomic E-state index is -3.75. The van der Waals surface area contributed by atoms with Crippen molar-refractivity contribution in [2.24, 2.45) is 5.14 Å². The van der Waals surface area contributed by atoms with Crippen molar-refractivity contribution in [2.45, 2.75) is 54.8 Å². The molecule has 1 aromatic heterocycles. The van der Waals surface area contributed by atoms with Gasteiger partial charge in [-0.2, -0.15) is 0 Å². The zero-order valence-electron chi connectivity index (χ0n) is 22.0. The second kappa shape index (κ2) is 13.9. The molecule has 0 saturated carbocycles. The SMILES string of the molecule is NS(=O)(=O)c1ccc(CCNC(=O)CSc2nc3ccccc3c(=O)n2CCCC(=O)NCC2CCCO2)cc1. The molecule has 4 rings (SSSR count). The number of rotatable bonds is 13. The lowest BCUT2D eigenvalue weighted by atomic mass is 10.1.